The van der Waals surface area contributed by atoms with Crippen molar-refractivity contribution in [1.29, 1.82) is 5.41 Å². The minimum absolute atomic E-state index is 0. The van der Waals surface area contributed by atoms with Gasteiger partial charge >= 0.3 is 5.97 Å². The average Bonchev–Trinajstić information content (AvgIpc) is 1.79. The maximum atomic E-state index is 9.93. The smallest absolute Gasteiger partial charge is 0.303 e. The lowest BCUT2D eigenvalue weighted by atomic mass is 10.3. The normalized spacial score (nSPS) is 8.00. The average molecular weight is 182 g/mol. The maximum Gasteiger partial charge on any atom is 0.303 e. The minimum Gasteiger partial charge on any atom is -0.481 e. The highest BCUT2D eigenvalue weighted by atomic mass is 35.5. The summed E-state index contributed by atoms with van der Waals surface area (Å²) >= 11 is 0. The van der Waals surface area contributed by atoms with E-state index in [1.54, 1.807) is 0 Å². The van der Waals surface area contributed by atoms with Crippen LogP contribution in [0.1, 0.15) is 12.8 Å². The van der Waals surface area contributed by atoms with Crippen molar-refractivity contribution in [2.75, 3.05) is 6.54 Å². The molecule has 0 radical (unpaired) electrons. The van der Waals surface area contributed by atoms with Crippen LogP contribution in [0.5, 0.6) is 0 Å². The van der Waals surface area contributed by atoms with Gasteiger partial charge in [0.25, 0.3) is 0 Å². The summed E-state index contributed by atoms with van der Waals surface area (Å²) in [6.07, 6.45) is 0.606. The molecule has 66 valence electrons. The number of nitrogens with one attached hydrogen (secondary N) is 2. The molecule has 0 bridgehead atoms. The van der Waals surface area contributed by atoms with Gasteiger partial charge in [0.2, 0.25) is 0 Å². The predicted octanol–water partition coefficient (Wildman–Crippen LogP) is -0.244. The Balaban J connectivity index is 0. The lowest BCUT2D eigenvalue weighted by Gasteiger charge is -1.99. The summed E-state index contributed by atoms with van der Waals surface area (Å²) in [4.78, 5) is 9.93. The first-order chi connectivity index (χ1) is 4.63. The van der Waals surface area contributed by atoms with Crippen molar-refractivity contribution in [2.45, 2.75) is 12.8 Å². The Morgan fingerprint density at radius 1 is 1.64 bits per heavy atom. The highest BCUT2D eigenvalue weighted by Crippen LogP contribution is 1.84. The fraction of sp³-hybridized carbons (Fsp3) is 0.600. The van der Waals surface area contributed by atoms with Gasteiger partial charge < -0.3 is 16.2 Å². The van der Waals surface area contributed by atoms with Crippen molar-refractivity contribution < 1.29 is 9.90 Å². The SMILES string of the molecule is Cl.N=C(N)NCCCC(=O)O. The first-order valence-electron chi connectivity index (χ1n) is 2.92. The second kappa shape index (κ2) is 7.14. The lowest BCUT2D eigenvalue weighted by Crippen LogP contribution is -2.31. The molecule has 5 N–H and O–H groups in total. The van der Waals surface area contributed by atoms with Crippen LogP contribution < -0.4 is 11.1 Å². The Bertz CT molecular complexity index is 124. The van der Waals surface area contributed by atoms with Gasteiger partial charge in [-0.05, 0) is 6.42 Å². The quantitative estimate of drug-likeness (QED) is 0.273. The van der Waals surface area contributed by atoms with Gasteiger partial charge in [-0.15, -0.1) is 12.4 Å². The van der Waals surface area contributed by atoms with Crippen molar-refractivity contribution >= 4 is 24.3 Å². The molecule has 0 unspecified atom stereocenters. The molecule has 6 heteroatoms. The van der Waals surface area contributed by atoms with Gasteiger partial charge in [-0.2, -0.15) is 0 Å². The summed E-state index contributed by atoms with van der Waals surface area (Å²) in [6.45, 7) is 0.446. The minimum atomic E-state index is -0.828. The lowest BCUT2D eigenvalue weighted by molar-refractivity contribution is -0.137. The van der Waals surface area contributed by atoms with Crippen molar-refractivity contribution in [2.24, 2.45) is 5.73 Å². The summed E-state index contributed by atoms with van der Waals surface area (Å²) in [5, 5.41) is 17.4. The van der Waals surface area contributed by atoms with Gasteiger partial charge in [0, 0.05) is 13.0 Å². The highest BCUT2D eigenvalue weighted by Gasteiger charge is 1.94. The second-order valence-electron chi connectivity index (χ2n) is 1.84. The van der Waals surface area contributed by atoms with Crippen LogP contribution in [0.15, 0.2) is 0 Å². The summed E-state index contributed by atoms with van der Waals surface area (Å²) in [6, 6.07) is 0. The van der Waals surface area contributed by atoms with E-state index in [9.17, 15) is 4.79 Å². The molecule has 0 aromatic carbocycles. The molecule has 0 aliphatic heterocycles. The third-order valence-electron chi connectivity index (χ3n) is 0.883. The monoisotopic (exact) mass is 181 g/mol. The van der Waals surface area contributed by atoms with Crippen molar-refractivity contribution in [3.63, 3.8) is 0 Å². The molecule has 0 aliphatic rings. The van der Waals surface area contributed by atoms with Gasteiger partial charge in [0.1, 0.15) is 0 Å². The molecule has 0 amide bonds. The summed E-state index contributed by atoms with van der Waals surface area (Å²) < 4.78 is 0. The Morgan fingerprint density at radius 3 is 2.55 bits per heavy atom. The van der Waals surface area contributed by atoms with Crippen LogP contribution >= 0.6 is 12.4 Å². The van der Waals surface area contributed by atoms with Crippen LogP contribution in [0.3, 0.4) is 0 Å². The molecule has 0 rings (SSSR count). The Hall–Kier alpha value is -0.970. The molecule has 0 heterocycles. The van der Waals surface area contributed by atoms with Gasteiger partial charge in [-0.1, -0.05) is 0 Å². The van der Waals surface area contributed by atoms with Crippen molar-refractivity contribution in [3.8, 4) is 0 Å². The number of halogens is 1. The van der Waals surface area contributed by atoms with Gasteiger partial charge in [0.15, 0.2) is 5.96 Å². The zero-order valence-electron chi connectivity index (χ0n) is 5.96. The van der Waals surface area contributed by atoms with Crippen LogP contribution in [0.25, 0.3) is 0 Å². The first kappa shape index (κ1) is 12.7. The number of hydrogen-bond donors (Lipinski definition) is 4. The molecule has 0 aromatic rings. The molecule has 0 atom stereocenters. The predicted molar refractivity (Wildman–Crippen MR) is 44.0 cm³/mol. The summed E-state index contributed by atoms with van der Waals surface area (Å²) in [7, 11) is 0. The molecule has 0 spiro atoms. The Kier molecular flexibility index (Phi) is 8.23. The third kappa shape index (κ3) is 12.3. The van der Waals surface area contributed by atoms with E-state index < -0.39 is 5.97 Å². The fourth-order valence-electron chi connectivity index (χ4n) is 0.463. The Labute approximate surface area is 70.9 Å². The van der Waals surface area contributed by atoms with E-state index in [2.05, 4.69) is 5.32 Å². The van der Waals surface area contributed by atoms with Gasteiger partial charge in [-0.3, -0.25) is 10.2 Å². The number of carboxylic acid groups (broad SMARTS) is 1. The number of nitrogens with two attached hydrogens (primary N) is 1. The third-order valence-corrected chi connectivity index (χ3v) is 0.883. The molecule has 5 nitrogen and oxygen atoms in total. The number of rotatable bonds is 4. The molecule has 0 aromatic heterocycles. The first-order valence-corrected chi connectivity index (χ1v) is 2.92. The highest BCUT2D eigenvalue weighted by molar-refractivity contribution is 5.85. The summed E-state index contributed by atoms with van der Waals surface area (Å²) in [5.41, 5.74) is 4.93. The van der Waals surface area contributed by atoms with E-state index >= 15 is 0 Å². The van der Waals surface area contributed by atoms with Crippen LogP contribution in [0.2, 0.25) is 0 Å². The van der Waals surface area contributed by atoms with Crippen LogP contribution in [-0.4, -0.2) is 23.6 Å². The van der Waals surface area contributed by atoms with Gasteiger partial charge in [0.05, 0.1) is 0 Å². The number of aliphatic carboxylic acids is 1. The maximum absolute atomic E-state index is 9.93. The molecule has 0 saturated heterocycles. The van der Waals surface area contributed by atoms with Crippen LogP contribution in [0.4, 0.5) is 0 Å². The zero-order chi connectivity index (χ0) is 7.98. The van der Waals surface area contributed by atoms with E-state index in [0.717, 1.165) is 0 Å². The van der Waals surface area contributed by atoms with E-state index in [4.69, 9.17) is 16.2 Å². The van der Waals surface area contributed by atoms with Crippen LogP contribution in [-0.2, 0) is 4.79 Å². The molecule has 11 heavy (non-hydrogen) atoms. The number of hydrogen-bond acceptors (Lipinski definition) is 2. The number of carbonyl (C=O) groups is 1. The Morgan fingerprint density at radius 2 is 2.18 bits per heavy atom. The van der Waals surface area contributed by atoms with Crippen LogP contribution in [0, 0.1) is 5.41 Å². The summed E-state index contributed by atoms with van der Waals surface area (Å²) in [5.74, 6) is -0.948. The fourth-order valence-corrected chi connectivity index (χ4v) is 0.463. The van der Waals surface area contributed by atoms with E-state index in [-0.39, 0.29) is 24.8 Å². The molecular weight excluding hydrogens is 170 g/mol. The van der Waals surface area contributed by atoms with E-state index in [1.165, 1.54) is 0 Å². The topological polar surface area (TPSA) is 99.2 Å². The van der Waals surface area contributed by atoms with E-state index in [1.807, 2.05) is 0 Å². The molecule has 0 aliphatic carbocycles. The van der Waals surface area contributed by atoms with E-state index in [0.29, 0.717) is 13.0 Å². The standard InChI is InChI=1S/C5H11N3O2.ClH/c6-5(7)8-3-1-2-4(9)10;/h1-3H2,(H,9,10)(H4,6,7,8);1H. The largest absolute Gasteiger partial charge is 0.481 e. The van der Waals surface area contributed by atoms with Crippen molar-refractivity contribution in [3.05, 3.63) is 0 Å². The molecule has 0 saturated carbocycles. The van der Waals surface area contributed by atoms with Crippen molar-refractivity contribution in [1.82, 2.24) is 5.32 Å². The molecule has 0 fully saturated rings. The zero-order valence-corrected chi connectivity index (χ0v) is 6.78. The number of guanidine groups is 1. The number of carboxylic acids is 1. The molecular formula is C5H12ClN3O2. The second-order valence-corrected chi connectivity index (χ2v) is 1.84. The van der Waals surface area contributed by atoms with Gasteiger partial charge in [-0.25, -0.2) is 0 Å².